The van der Waals surface area contributed by atoms with E-state index in [4.69, 9.17) is 5.10 Å². The van der Waals surface area contributed by atoms with Crippen molar-refractivity contribution < 1.29 is 32.0 Å². The van der Waals surface area contributed by atoms with Crippen LogP contribution in [0.25, 0.3) is 67.0 Å². The van der Waals surface area contributed by atoms with Crippen LogP contribution in [0.15, 0.2) is 191 Å². The quantitative estimate of drug-likeness (QED) is 0.0870. The predicted molar refractivity (Wildman–Crippen MR) is 267 cm³/mol. The monoisotopic (exact) mass is 1020 g/mol. The summed E-state index contributed by atoms with van der Waals surface area (Å²) in [6.45, 7) is 2.21. The maximum Gasteiger partial charge on any atom is 0.269 e. The third-order valence-electron chi connectivity index (χ3n) is 11.4. The fourth-order valence-corrected chi connectivity index (χ4v) is 11.4. The maximum absolute atomic E-state index is 14.1. The highest BCUT2D eigenvalue weighted by molar-refractivity contribution is 9.10. The molecule has 0 saturated carbocycles. The molecule has 5 heterocycles. The highest BCUT2D eigenvalue weighted by atomic mass is 79.9. The van der Waals surface area contributed by atoms with Crippen LogP contribution in [-0.4, -0.2) is 59.7 Å². The topological polar surface area (TPSA) is 205 Å². The number of nitrogens with zero attached hydrogens (tertiary/aromatic N) is 7. The molecule has 18 heteroatoms. The van der Waals surface area contributed by atoms with E-state index < -0.39 is 25.0 Å². The zero-order valence-corrected chi connectivity index (χ0v) is 39.8. The van der Waals surface area contributed by atoms with Gasteiger partial charge in [0.25, 0.3) is 25.7 Å². The lowest BCUT2D eigenvalue weighted by atomic mass is 10.00. The molecular formula is C51H40BrN7O8S2. The Labute approximate surface area is 404 Å². The highest BCUT2D eigenvalue weighted by Crippen LogP contribution is 2.40. The van der Waals surface area contributed by atoms with E-state index in [1.807, 2.05) is 25.3 Å². The van der Waals surface area contributed by atoms with Gasteiger partial charge in [0.05, 0.1) is 39.3 Å². The lowest BCUT2D eigenvalue weighted by molar-refractivity contribution is -0.384. The lowest BCUT2D eigenvalue weighted by Crippen LogP contribution is -2.14. The van der Waals surface area contributed by atoms with Crippen molar-refractivity contribution >= 4 is 63.7 Å². The van der Waals surface area contributed by atoms with Crippen molar-refractivity contribution in [3.63, 3.8) is 0 Å². The van der Waals surface area contributed by atoms with Gasteiger partial charge in [-0.15, -0.1) is 0 Å². The third-order valence-corrected chi connectivity index (χ3v) is 15.5. The number of pyridine rings is 2. The second kappa shape index (κ2) is 19.2. The summed E-state index contributed by atoms with van der Waals surface area (Å²) in [5.41, 5.74) is 6.77. The van der Waals surface area contributed by atoms with Gasteiger partial charge in [0, 0.05) is 63.6 Å². The van der Waals surface area contributed by atoms with E-state index in [9.17, 15) is 37.2 Å². The van der Waals surface area contributed by atoms with Gasteiger partial charge in [-0.3, -0.25) is 14.8 Å². The fourth-order valence-electron chi connectivity index (χ4n) is 8.03. The second-order valence-corrected chi connectivity index (χ2v) is 20.0. The Hall–Kier alpha value is -7.61. The average molecular weight is 1020 g/mol. The second-order valence-electron chi connectivity index (χ2n) is 15.6. The molecule has 10 aromatic rings. The predicted octanol–water partition coefficient (Wildman–Crippen LogP) is 10.1. The molecule has 0 aliphatic rings. The molecule has 2 N–H and O–H groups in total. The van der Waals surface area contributed by atoms with Crippen LogP contribution in [0, 0.1) is 10.1 Å². The van der Waals surface area contributed by atoms with E-state index in [0.717, 1.165) is 10.0 Å². The van der Waals surface area contributed by atoms with Crippen molar-refractivity contribution in [2.24, 2.45) is 0 Å². The third kappa shape index (κ3) is 8.87. The molecule has 0 unspecified atom stereocenters. The van der Waals surface area contributed by atoms with Crippen LogP contribution < -0.4 is 0 Å². The molecular weight excluding hydrogens is 983 g/mol. The molecule has 0 amide bonds. The Morgan fingerprint density at radius 3 is 1.61 bits per heavy atom. The number of hydrogen-bond donors (Lipinski definition) is 2. The number of non-ortho nitro benzene ring substituents is 1. The van der Waals surface area contributed by atoms with Gasteiger partial charge in [-0.2, -0.15) is 5.10 Å². The summed E-state index contributed by atoms with van der Waals surface area (Å²) in [5.74, 6) is 0. The molecule has 346 valence electrons. The summed E-state index contributed by atoms with van der Waals surface area (Å²) in [5, 5.41) is 36.5. The zero-order chi connectivity index (χ0) is 48.5. The number of aryl methyl sites for hydroxylation is 1. The van der Waals surface area contributed by atoms with Crippen LogP contribution in [-0.2, 0) is 39.8 Å². The van der Waals surface area contributed by atoms with Gasteiger partial charge >= 0.3 is 0 Å². The number of halogens is 1. The minimum Gasteiger partial charge on any atom is -0.392 e. The Morgan fingerprint density at radius 1 is 0.594 bits per heavy atom. The first kappa shape index (κ1) is 46.5. The SMILES string of the molecule is CCn1cc(-c2ccnc3c2cc(-c2cccc(CO)c2)n3S(=O)(=O)c2ccccc2)c(-c2ccc([N+](=O)[O-])cc2)n1.O=S(=O)(c1ccccc1)n1c(-c2cccc(CO)c2)cc2c(Br)ccnc21. The van der Waals surface area contributed by atoms with Crippen LogP contribution in [0.4, 0.5) is 5.69 Å². The van der Waals surface area contributed by atoms with E-state index >= 15 is 0 Å². The summed E-state index contributed by atoms with van der Waals surface area (Å²) < 4.78 is 60.2. The largest absolute Gasteiger partial charge is 0.392 e. The molecule has 15 nitrogen and oxygen atoms in total. The van der Waals surface area contributed by atoms with Crippen molar-refractivity contribution in [3.05, 3.63) is 202 Å². The number of hydrogen-bond acceptors (Lipinski definition) is 11. The lowest BCUT2D eigenvalue weighted by Gasteiger charge is -2.12. The molecule has 5 aromatic heterocycles. The number of fused-ring (bicyclic) bond motifs is 2. The molecule has 0 bridgehead atoms. The summed E-state index contributed by atoms with van der Waals surface area (Å²) in [6, 6.07) is 44.0. The first-order valence-corrected chi connectivity index (χ1v) is 25.0. The van der Waals surface area contributed by atoms with Crippen molar-refractivity contribution in [1.29, 1.82) is 0 Å². The van der Waals surface area contributed by atoms with Crippen LogP contribution in [0.5, 0.6) is 0 Å². The summed E-state index contributed by atoms with van der Waals surface area (Å²) in [4.78, 5) is 19.9. The van der Waals surface area contributed by atoms with E-state index in [0.29, 0.717) is 73.4 Å². The molecule has 0 radical (unpaired) electrons. The van der Waals surface area contributed by atoms with Crippen molar-refractivity contribution in [1.82, 2.24) is 27.7 Å². The van der Waals surface area contributed by atoms with Crippen molar-refractivity contribution in [2.75, 3.05) is 0 Å². The molecule has 0 atom stereocenters. The fraction of sp³-hybridized carbons (Fsp3) is 0.0784. The number of benzene rings is 5. The van der Waals surface area contributed by atoms with E-state index in [1.165, 1.54) is 32.2 Å². The van der Waals surface area contributed by atoms with Crippen molar-refractivity contribution in [2.45, 2.75) is 36.5 Å². The minimum atomic E-state index is -4.09. The molecule has 0 spiro atoms. The van der Waals surface area contributed by atoms with Crippen LogP contribution in [0.3, 0.4) is 0 Å². The Kier molecular flexibility index (Phi) is 12.9. The first-order chi connectivity index (χ1) is 33.3. The molecule has 0 aliphatic carbocycles. The van der Waals surface area contributed by atoms with Gasteiger partial charge in [0.15, 0.2) is 11.3 Å². The molecule has 0 aliphatic heterocycles. The van der Waals surface area contributed by atoms with Gasteiger partial charge in [0.2, 0.25) is 0 Å². The maximum atomic E-state index is 14.1. The normalized spacial score (nSPS) is 11.7. The number of aromatic nitrogens is 6. The number of nitro benzene ring substituents is 1. The number of aliphatic hydroxyl groups excluding tert-OH is 2. The van der Waals surface area contributed by atoms with Gasteiger partial charge in [0.1, 0.15) is 5.69 Å². The Balaban J connectivity index is 0.000000189. The summed E-state index contributed by atoms with van der Waals surface area (Å²) >= 11 is 3.48. The van der Waals surface area contributed by atoms with Crippen LogP contribution in [0.2, 0.25) is 0 Å². The first-order valence-electron chi connectivity index (χ1n) is 21.3. The smallest absolute Gasteiger partial charge is 0.269 e. The number of rotatable bonds is 12. The number of aliphatic hydroxyl groups is 2. The van der Waals surface area contributed by atoms with E-state index in [-0.39, 0.29) is 34.3 Å². The van der Waals surface area contributed by atoms with Crippen molar-refractivity contribution in [3.8, 4) is 44.9 Å². The van der Waals surface area contributed by atoms with E-state index in [2.05, 4.69) is 25.9 Å². The highest BCUT2D eigenvalue weighted by Gasteiger charge is 2.28. The van der Waals surface area contributed by atoms with Gasteiger partial charge < -0.3 is 10.2 Å². The van der Waals surface area contributed by atoms with Gasteiger partial charge in [-0.1, -0.05) is 72.8 Å². The van der Waals surface area contributed by atoms with Gasteiger partial charge in [-0.25, -0.2) is 34.7 Å². The molecule has 0 fully saturated rings. The summed E-state index contributed by atoms with van der Waals surface area (Å²) in [6.07, 6.45) is 5.00. The molecule has 10 rings (SSSR count). The molecule has 0 saturated heterocycles. The van der Waals surface area contributed by atoms with E-state index in [1.54, 1.807) is 138 Å². The van der Waals surface area contributed by atoms with Gasteiger partial charge in [-0.05, 0) is 123 Å². The minimum absolute atomic E-state index is 0.0283. The molecule has 69 heavy (non-hydrogen) atoms. The van der Waals surface area contributed by atoms with Crippen LogP contribution >= 0.6 is 15.9 Å². The summed E-state index contributed by atoms with van der Waals surface area (Å²) in [7, 11) is -7.95. The standard InChI is InChI=1S/C31H25N5O5S.C20H15BrN2O3S/c1-2-34-19-28(30(33-34)22-11-13-24(14-12-22)36(38)39)26-15-16-32-31-27(26)18-29(23-8-6-7-21(17-23)20-37)35(31)42(40,41)25-9-4-3-5-10-25;21-18-9-10-22-20-17(18)12-19(15-6-4-5-14(11-15)13-24)23(20)27(25,26)16-7-2-1-3-8-16/h3-19,37H,2,20H2,1H3;1-12,24H,13H2. The average Bonchev–Trinajstić information content (AvgIpc) is 4.13. The Morgan fingerprint density at radius 2 is 1.10 bits per heavy atom. The number of nitro groups is 1. The molecule has 5 aromatic carbocycles. The Bertz CT molecular complexity index is 3770. The van der Waals surface area contributed by atoms with Crippen LogP contribution in [0.1, 0.15) is 18.1 Å². The zero-order valence-electron chi connectivity index (χ0n) is 36.5.